The number of rotatable bonds is 5. The van der Waals surface area contributed by atoms with Gasteiger partial charge in [0.15, 0.2) is 0 Å². The van der Waals surface area contributed by atoms with Crippen molar-refractivity contribution >= 4 is 0 Å². The third-order valence-electron chi connectivity index (χ3n) is 4.45. The minimum absolute atomic E-state index is 0.136. The molecule has 0 heterocycles. The van der Waals surface area contributed by atoms with Gasteiger partial charge in [-0.25, -0.2) is 4.39 Å². The normalized spacial score (nSPS) is 19.8. The topological polar surface area (TPSA) is 41.5 Å². The Balaban J connectivity index is 1.96. The second-order valence-corrected chi connectivity index (χ2v) is 6.13. The average molecular weight is 295 g/mol. The molecule has 2 rings (SSSR count). The van der Waals surface area contributed by atoms with Gasteiger partial charge in [-0.1, -0.05) is 31.7 Å². The maximum atomic E-state index is 14.0. The van der Waals surface area contributed by atoms with Crippen LogP contribution in [0.2, 0.25) is 0 Å². The number of halogens is 1. The zero-order valence-corrected chi connectivity index (χ0v) is 13.0. The molecule has 1 saturated carbocycles. The molecule has 1 aliphatic rings. The number of methoxy groups -OCH3 is 1. The van der Waals surface area contributed by atoms with Crippen molar-refractivity contribution in [2.24, 2.45) is 0 Å². The summed E-state index contributed by atoms with van der Waals surface area (Å²) < 4.78 is 19.0. The molecule has 1 aromatic carbocycles. The molecule has 0 saturated heterocycles. The van der Waals surface area contributed by atoms with Gasteiger partial charge >= 0.3 is 0 Å². The number of aliphatic hydroxyl groups is 1. The molecular formula is C17H26FNO2. The van der Waals surface area contributed by atoms with Gasteiger partial charge in [-0.2, -0.15) is 0 Å². The van der Waals surface area contributed by atoms with Gasteiger partial charge in [0.25, 0.3) is 0 Å². The van der Waals surface area contributed by atoms with Crippen LogP contribution >= 0.6 is 0 Å². The summed E-state index contributed by atoms with van der Waals surface area (Å²) in [6.07, 6.45) is 6.21. The molecule has 1 atom stereocenters. The van der Waals surface area contributed by atoms with Crippen LogP contribution in [0.4, 0.5) is 4.39 Å². The zero-order valence-electron chi connectivity index (χ0n) is 13.0. The second kappa shape index (κ2) is 7.23. The molecule has 1 fully saturated rings. The van der Waals surface area contributed by atoms with Crippen molar-refractivity contribution in [1.82, 2.24) is 5.32 Å². The summed E-state index contributed by atoms with van der Waals surface area (Å²) in [5.74, 6) is 0.244. The number of nitrogens with one attached hydrogen (secondary N) is 1. The molecule has 0 amide bonds. The fraction of sp³-hybridized carbons (Fsp3) is 0.647. The highest BCUT2D eigenvalue weighted by Crippen LogP contribution is 2.28. The largest absolute Gasteiger partial charge is 0.497 e. The van der Waals surface area contributed by atoms with Crippen LogP contribution in [0.3, 0.4) is 0 Å². The molecule has 0 spiro atoms. The predicted octanol–water partition coefficient (Wildman–Crippen LogP) is 3.57. The maximum absolute atomic E-state index is 14.0. The fourth-order valence-electron chi connectivity index (χ4n) is 3.00. The van der Waals surface area contributed by atoms with Crippen molar-refractivity contribution in [3.8, 4) is 5.75 Å². The Kier molecular flexibility index (Phi) is 5.59. The Labute approximate surface area is 126 Å². The first kappa shape index (κ1) is 16.2. The first-order valence-electron chi connectivity index (χ1n) is 7.83. The summed E-state index contributed by atoms with van der Waals surface area (Å²) in [5, 5.41) is 13.9. The van der Waals surface area contributed by atoms with Crippen LogP contribution in [0, 0.1) is 5.82 Å². The molecule has 1 aromatic rings. The highest BCUT2D eigenvalue weighted by atomic mass is 19.1. The minimum atomic E-state index is -0.645. The van der Waals surface area contributed by atoms with Gasteiger partial charge in [-0.3, -0.25) is 0 Å². The van der Waals surface area contributed by atoms with E-state index in [-0.39, 0.29) is 11.9 Å². The number of hydrogen-bond acceptors (Lipinski definition) is 3. The van der Waals surface area contributed by atoms with E-state index in [1.54, 1.807) is 12.1 Å². The van der Waals surface area contributed by atoms with Crippen LogP contribution < -0.4 is 10.1 Å². The molecule has 1 unspecified atom stereocenters. The standard InChI is InChI=1S/C17H26FNO2/c1-13(15-8-7-14(21-2)11-16(15)18)19-12-17(20)9-5-3-4-6-10-17/h7-8,11,13,19-20H,3-6,9-10,12H2,1-2H3. The van der Waals surface area contributed by atoms with Crippen LogP contribution in [0.1, 0.15) is 57.1 Å². The average Bonchev–Trinajstić information content (AvgIpc) is 2.70. The van der Waals surface area contributed by atoms with E-state index in [0.717, 1.165) is 25.7 Å². The summed E-state index contributed by atoms with van der Waals surface area (Å²) in [4.78, 5) is 0. The highest BCUT2D eigenvalue weighted by molar-refractivity contribution is 5.30. The van der Waals surface area contributed by atoms with E-state index in [1.807, 2.05) is 6.92 Å². The lowest BCUT2D eigenvalue weighted by molar-refractivity contribution is 0.0230. The summed E-state index contributed by atoms with van der Waals surface area (Å²) in [5.41, 5.74) is -0.0405. The predicted molar refractivity (Wildman–Crippen MR) is 82.0 cm³/mol. The zero-order chi connectivity index (χ0) is 15.3. The van der Waals surface area contributed by atoms with Crippen molar-refractivity contribution in [2.45, 2.75) is 57.1 Å². The van der Waals surface area contributed by atoms with E-state index < -0.39 is 5.60 Å². The van der Waals surface area contributed by atoms with E-state index in [2.05, 4.69) is 5.32 Å². The van der Waals surface area contributed by atoms with Gasteiger partial charge < -0.3 is 15.2 Å². The lowest BCUT2D eigenvalue weighted by atomic mass is 9.94. The van der Waals surface area contributed by atoms with Crippen LogP contribution in [0.5, 0.6) is 5.75 Å². The lowest BCUT2D eigenvalue weighted by Gasteiger charge is -2.29. The number of hydrogen-bond donors (Lipinski definition) is 2. The molecule has 21 heavy (non-hydrogen) atoms. The van der Waals surface area contributed by atoms with Gasteiger partial charge in [0, 0.05) is 24.2 Å². The molecule has 3 nitrogen and oxygen atoms in total. The molecule has 0 aromatic heterocycles. The quantitative estimate of drug-likeness (QED) is 0.816. The van der Waals surface area contributed by atoms with Crippen molar-refractivity contribution in [3.05, 3.63) is 29.6 Å². The van der Waals surface area contributed by atoms with Crippen LogP contribution in [0.15, 0.2) is 18.2 Å². The number of ether oxygens (including phenoxy) is 1. The first-order chi connectivity index (χ1) is 10.0. The van der Waals surface area contributed by atoms with Crippen molar-refractivity contribution in [1.29, 1.82) is 0 Å². The molecule has 118 valence electrons. The molecule has 2 N–H and O–H groups in total. The third kappa shape index (κ3) is 4.42. The van der Waals surface area contributed by atoms with Crippen molar-refractivity contribution in [2.75, 3.05) is 13.7 Å². The summed E-state index contributed by atoms with van der Waals surface area (Å²) in [6.45, 7) is 2.44. The molecule has 1 aliphatic carbocycles. The summed E-state index contributed by atoms with van der Waals surface area (Å²) in [7, 11) is 1.53. The number of benzene rings is 1. The Bertz CT molecular complexity index is 456. The minimum Gasteiger partial charge on any atom is -0.497 e. The van der Waals surface area contributed by atoms with E-state index in [1.165, 1.54) is 26.0 Å². The Hall–Kier alpha value is -1.13. The Morgan fingerprint density at radius 1 is 1.29 bits per heavy atom. The molecule has 0 aliphatic heterocycles. The lowest BCUT2D eigenvalue weighted by Crippen LogP contribution is -2.41. The summed E-state index contributed by atoms with van der Waals surface area (Å²) in [6, 6.07) is 4.76. The van der Waals surface area contributed by atoms with Gasteiger partial charge in [0.05, 0.1) is 12.7 Å². The van der Waals surface area contributed by atoms with Crippen molar-refractivity contribution in [3.63, 3.8) is 0 Å². The Morgan fingerprint density at radius 3 is 2.52 bits per heavy atom. The highest BCUT2D eigenvalue weighted by Gasteiger charge is 2.28. The monoisotopic (exact) mass is 295 g/mol. The van der Waals surface area contributed by atoms with Crippen LogP contribution in [-0.2, 0) is 0 Å². The van der Waals surface area contributed by atoms with Gasteiger partial charge in [-0.15, -0.1) is 0 Å². The molecule has 4 heteroatoms. The van der Waals surface area contributed by atoms with Gasteiger partial charge in [0.1, 0.15) is 11.6 Å². The fourth-order valence-corrected chi connectivity index (χ4v) is 3.00. The SMILES string of the molecule is COc1ccc(C(C)NCC2(O)CCCCCC2)c(F)c1. The van der Waals surface area contributed by atoms with Gasteiger partial charge in [0.2, 0.25) is 0 Å². The smallest absolute Gasteiger partial charge is 0.131 e. The van der Waals surface area contributed by atoms with Gasteiger partial charge in [-0.05, 0) is 25.8 Å². The van der Waals surface area contributed by atoms with Crippen LogP contribution in [-0.4, -0.2) is 24.4 Å². The third-order valence-corrected chi connectivity index (χ3v) is 4.45. The Morgan fingerprint density at radius 2 is 1.95 bits per heavy atom. The van der Waals surface area contributed by atoms with E-state index in [0.29, 0.717) is 17.9 Å². The molecule has 0 radical (unpaired) electrons. The van der Waals surface area contributed by atoms with E-state index in [4.69, 9.17) is 4.74 Å². The van der Waals surface area contributed by atoms with E-state index in [9.17, 15) is 9.50 Å². The molecule has 0 bridgehead atoms. The maximum Gasteiger partial charge on any atom is 0.131 e. The van der Waals surface area contributed by atoms with Crippen LogP contribution in [0.25, 0.3) is 0 Å². The van der Waals surface area contributed by atoms with E-state index >= 15 is 0 Å². The second-order valence-electron chi connectivity index (χ2n) is 6.13. The summed E-state index contributed by atoms with van der Waals surface area (Å²) >= 11 is 0. The van der Waals surface area contributed by atoms with Crippen molar-refractivity contribution < 1.29 is 14.2 Å². The molecular weight excluding hydrogens is 269 g/mol. The first-order valence-corrected chi connectivity index (χ1v) is 7.83.